The van der Waals surface area contributed by atoms with E-state index in [1.807, 2.05) is 13.8 Å². The topological polar surface area (TPSA) is 46.6 Å². The summed E-state index contributed by atoms with van der Waals surface area (Å²) in [5, 5.41) is 0. The smallest absolute Gasteiger partial charge is 0.231 e. The van der Waals surface area contributed by atoms with Gasteiger partial charge in [-0.3, -0.25) is 9.59 Å². The van der Waals surface area contributed by atoms with E-state index in [2.05, 4.69) is 0 Å². The summed E-state index contributed by atoms with van der Waals surface area (Å²) in [4.78, 5) is 26.1. The summed E-state index contributed by atoms with van der Waals surface area (Å²) in [7, 11) is 0. The molecule has 1 atom stereocenters. The van der Waals surface area contributed by atoms with Gasteiger partial charge in [0.2, 0.25) is 5.91 Å². The lowest BCUT2D eigenvalue weighted by molar-refractivity contribution is -0.185. The van der Waals surface area contributed by atoms with Crippen LogP contribution in [0.4, 0.5) is 4.39 Å². The molecule has 4 nitrogen and oxygen atoms in total. The van der Waals surface area contributed by atoms with Crippen LogP contribution in [0.1, 0.15) is 19.4 Å². The second-order valence-electron chi connectivity index (χ2n) is 6.46. The van der Waals surface area contributed by atoms with E-state index >= 15 is 0 Å². The quantitative estimate of drug-likeness (QED) is 0.856. The molecule has 1 spiro atoms. The summed E-state index contributed by atoms with van der Waals surface area (Å²) in [5.41, 5.74) is -0.0961. The van der Waals surface area contributed by atoms with Crippen LogP contribution >= 0.6 is 0 Å². The normalized spacial score (nSPS) is 22.7. The highest BCUT2D eigenvalue weighted by molar-refractivity contribution is 6.01. The molecule has 0 bridgehead atoms. The third kappa shape index (κ3) is 3.04. The maximum absolute atomic E-state index is 13.0. The largest absolute Gasteiger partial charge is 0.347 e. The first-order valence-corrected chi connectivity index (χ1v) is 8.05. The number of halogens is 1. The van der Waals surface area contributed by atoms with Gasteiger partial charge in [-0.15, -0.1) is 0 Å². The number of allylic oxidation sites excluding steroid dienone is 2. The number of rotatable bonds is 3. The Labute approximate surface area is 140 Å². The number of ketones is 1. The Balaban J connectivity index is 1.83. The zero-order valence-corrected chi connectivity index (χ0v) is 13.7. The third-order valence-electron chi connectivity index (χ3n) is 4.36. The second kappa shape index (κ2) is 6.32. The molecule has 1 saturated heterocycles. The minimum Gasteiger partial charge on any atom is -0.347 e. The SMILES string of the molecule is CC(C)N1C(=O)C(Cc2ccc(F)cc2)COC12C=CC(=O)C=C2. The van der Waals surface area contributed by atoms with Crippen LogP contribution in [-0.2, 0) is 20.7 Å². The molecule has 0 aromatic heterocycles. The van der Waals surface area contributed by atoms with Gasteiger partial charge in [0.1, 0.15) is 5.82 Å². The highest BCUT2D eigenvalue weighted by Crippen LogP contribution is 2.34. The average molecular weight is 329 g/mol. The van der Waals surface area contributed by atoms with E-state index in [9.17, 15) is 14.0 Å². The molecule has 1 aliphatic carbocycles. The number of carbonyl (C=O) groups excluding carboxylic acids is 2. The lowest BCUT2D eigenvalue weighted by Gasteiger charge is -2.48. The van der Waals surface area contributed by atoms with E-state index in [1.165, 1.54) is 24.3 Å². The number of nitrogens with zero attached hydrogens (tertiary/aromatic N) is 1. The lowest BCUT2D eigenvalue weighted by Crippen LogP contribution is -2.61. The lowest BCUT2D eigenvalue weighted by atomic mass is 9.92. The zero-order chi connectivity index (χ0) is 17.3. The predicted molar refractivity (Wildman–Crippen MR) is 87.5 cm³/mol. The van der Waals surface area contributed by atoms with Crippen LogP contribution in [0.5, 0.6) is 0 Å². The van der Waals surface area contributed by atoms with Gasteiger partial charge in [0.05, 0.1) is 12.5 Å². The summed E-state index contributed by atoms with van der Waals surface area (Å²) < 4.78 is 19.1. The van der Waals surface area contributed by atoms with Gasteiger partial charge in [-0.1, -0.05) is 12.1 Å². The fraction of sp³-hybridized carbons (Fsp3) is 0.368. The van der Waals surface area contributed by atoms with Crippen LogP contribution in [0.2, 0.25) is 0 Å². The van der Waals surface area contributed by atoms with Crippen molar-refractivity contribution in [3.05, 3.63) is 60.0 Å². The molecular weight excluding hydrogens is 309 g/mol. The van der Waals surface area contributed by atoms with E-state index in [0.717, 1.165) is 5.56 Å². The molecule has 1 aliphatic heterocycles. The second-order valence-corrected chi connectivity index (χ2v) is 6.46. The van der Waals surface area contributed by atoms with Gasteiger partial charge in [0.25, 0.3) is 0 Å². The van der Waals surface area contributed by atoms with Crippen molar-refractivity contribution in [3.63, 3.8) is 0 Å². The monoisotopic (exact) mass is 329 g/mol. The van der Waals surface area contributed by atoms with Gasteiger partial charge in [-0.05, 0) is 62.3 Å². The number of ether oxygens (including phenoxy) is 1. The van der Waals surface area contributed by atoms with Crippen LogP contribution in [0.3, 0.4) is 0 Å². The van der Waals surface area contributed by atoms with E-state index in [4.69, 9.17) is 4.74 Å². The fourth-order valence-corrected chi connectivity index (χ4v) is 3.22. The van der Waals surface area contributed by atoms with E-state index in [-0.39, 0.29) is 36.1 Å². The van der Waals surface area contributed by atoms with Crippen molar-refractivity contribution in [2.24, 2.45) is 5.92 Å². The Hall–Kier alpha value is -2.27. The van der Waals surface area contributed by atoms with E-state index in [1.54, 1.807) is 29.2 Å². The molecule has 1 aromatic carbocycles. The number of hydrogen-bond donors (Lipinski definition) is 0. The number of carbonyl (C=O) groups is 2. The van der Waals surface area contributed by atoms with Crippen LogP contribution in [0.15, 0.2) is 48.6 Å². The predicted octanol–water partition coefficient (Wildman–Crippen LogP) is 2.64. The maximum atomic E-state index is 13.0. The van der Waals surface area contributed by atoms with Crippen molar-refractivity contribution < 1.29 is 18.7 Å². The summed E-state index contributed by atoms with van der Waals surface area (Å²) in [6.07, 6.45) is 6.64. The molecule has 0 radical (unpaired) electrons. The van der Waals surface area contributed by atoms with Crippen LogP contribution in [0, 0.1) is 11.7 Å². The first-order valence-electron chi connectivity index (χ1n) is 8.05. The van der Waals surface area contributed by atoms with E-state index in [0.29, 0.717) is 6.42 Å². The number of hydrogen-bond acceptors (Lipinski definition) is 3. The molecule has 0 saturated carbocycles. The molecule has 1 amide bonds. The summed E-state index contributed by atoms with van der Waals surface area (Å²) in [6, 6.07) is 6.07. The molecule has 3 rings (SSSR count). The third-order valence-corrected chi connectivity index (χ3v) is 4.36. The van der Waals surface area contributed by atoms with Gasteiger partial charge in [-0.2, -0.15) is 0 Å². The van der Waals surface area contributed by atoms with Gasteiger partial charge in [0, 0.05) is 6.04 Å². The van der Waals surface area contributed by atoms with Crippen LogP contribution in [-0.4, -0.2) is 35.0 Å². The molecule has 1 aromatic rings. The van der Waals surface area contributed by atoms with Crippen molar-refractivity contribution in [2.75, 3.05) is 6.61 Å². The Morgan fingerprint density at radius 2 is 1.83 bits per heavy atom. The van der Waals surface area contributed by atoms with Crippen molar-refractivity contribution in [3.8, 4) is 0 Å². The Kier molecular flexibility index (Phi) is 4.37. The highest BCUT2D eigenvalue weighted by Gasteiger charge is 2.46. The van der Waals surface area contributed by atoms with Crippen molar-refractivity contribution in [1.29, 1.82) is 0 Å². The van der Waals surface area contributed by atoms with Gasteiger partial charge in [-0.25, -0.2) is 4.39 Å². The van der Waals surface area contributed by atoms with Crippen LogP contribution < -0.4 is 0 Å². The molecule has 1 heterocycles. The molecule has 1 unspecified atom stereocenters. The van der Waals surface area contributed by atoms with Gasteiger partial charge >= 0.3 is 0 Å². The summed E-state index contributed by atoms with van der Waals surface area (Å²) in [5.74, 6) is -0.768. The van der Waals surface area contributed by atoms with Crippen molar-refractivity contribution in [2.45, 2.75) is 32.0 Å². The van der Waals surface area contributed by atoms with E-state index < -0.39 is 5.72 Å². The molecule has 0 N–H and O–H groups in total. The van der Waals surface area contributed by atoms with Gasteiger partial charge in [0.15, 0.2) is 11.5 Å². The zero-order valence-electron chi connectivity index (χ0n) is 13.7. The molecule has 126 valence electrons. The van der Waals surface area contributed by atoms with Crippen LogP contribution in [0.25, 0.3) is 0 Å². The highest BCUT2D eigenvalue weighted by atomic mass is 19.1. The van der Waals surface area contributed by atoms with Crippen molar-refractivity contribution in [1.82, 2.24) is 4.90 Å². The maximum Gasteiger partial charge on any atom is 0.231 e. The number of amides is 1. The van der Waals surface area contributed by atoms with Crippen molar-refractivity contribution >= 4 is 11.7 Å². The molecular formula is C19H20FNO3. The fourth-order valence-electron chi connectivity index (χ4n) is 3.22. The average Bonchev–Trinajstić information content (AvgIpc) is 2.55. The Morgan fingerprint density at radius 3 is 2.42 bits per heavy atom. The number of benzene rings is 1. The molecule has 24 heavy (non-hydrogen) atoms. The Morgan fingerprint density at radius 1 is 1.21 bits per heavy atom. The summed E-state index contributed by atoms with van der Waals surface area (Å²) in [6.45, 7) is 4.09. The molecule has 5 heteroatoms. The minimum atomic E-state index is -0.988. The first-order chi connectivity index (χ1) is 11.4. The molecule has 1 fully saturated rings. The van der Waals surface area contributed by atoms with Gasteiger partial charge < -0.3 is 9.64 Å². The minimum absolute atomic E-state index is 0.0239. The molecule has 2 aliphatic rings. The standard InChI is InChI=1S/C19H20FNO3/c1-13(2)21-18(23)15(11-14-3-5-16(20)6-4-14)12-24-19(21)9-7-17(22)8-10-19/h3-10,13,15H,11-12H2,1-2H3. The first kappa shape index (κ1) is 16.6. The summed E-state index contributed by atoms with van der Waals surface area (Å²) >= 11 is 0. The Bertz CT molecular complexity index is 690.